The minimum Gasteiger partial charge on any atom is -0.396 e. The Bertz CT molecular complexity index is 435. The van der Waals surface area contributed by atoms with Crippen LogP contribution in [0.25, 0.3) is 0 Å². The van der Waals surface area contributed by atoms with Gasteiger partial charge in [-0.1, -0.05) is 6.92 Å². The summed E-state index contributed by atoms with van der Waals surface area (Å²) < 4.78 is 0. The van der Waals surface area contributed by atoms with Crippen LogP contribution < -0.4 is 5.32 Å². The molecule has 0 aliphatic carbocycles. The number of aliphatic hydroxyl groups excluding tert-OH is 1. The lowest BCUT2D eigenvalue weighted by molar-refractivity contribution is 0.195. The number of nitrogens with one attached hydrogen (secondary N) is 1. The van der Waals surface area contributed by atoms with Crippen LogP contribution in [0.15, 0.2) is 6.20 Å². The SMILES string of the molecule is CCc1cnc(C(C)NC(=O)N2CCC(CO)C2)s1. The standard InChI is InChI=1S/C13H21N3O2S/c1-3-11-6-14-12(19-11)9(2)15-13(18)16-5-4-10(7-16)8-17/h6,9-10,17H,3-5,7-8H2,1-2H3,(H,15,18). The Morgan fingerprint density at radius 3 is 3.11 bits per heavy atom. The number of thiazole rings is 1. The Balaban J connectivity index is 1.88. The van der Waals surface area contributed by atoms with Gasteiger partial charge in [0, 0.05) is 36.7 Å². The van der Waals surface area contributed by atoms with Crippen LogP contribution in [0.3, 0.4) is 0 Å². The van der Waals surface area contributed by atoms with Gasteiger partial charge in [0.15, 0.2) is 0 Å². The van der Waals surface area contributed by atoms with Gasteiger partial charge < -0.3 is 15.3 Å². The molecule has 2 unspecified atom stereocenters. The van der Waals surface area contributed by atoms with Crippen molar-refractivity contribution < 1.29 is 9.90 Å². The van der Waals surface area contributed by atoms with E-state index in [1.165, 1.54) is 4.88 Å². The number of hydrogen-bond acceptors (Lipinski definition) is 4. The molecule has 0 spiro atoms. The monoisotopic (exact) mass is 283 g/mol. The number of carbonyl (C=O) groups excluding carboxylic acids is 1. The van der Waals surface area contributed by atoms with Crippen LogP contribution in [0.4, 0.5) is 4.79 Å². The number of aromatic nitrogens is 1. The van der Waals surface area contributed by atoms with E-state index in [-0.39, 0.29) is 24.6 Å². The molecular formula is C13H21N3O2S. The maximum absolute atomic E-state index is 12.1. The second kappa shape index (κ2) is 6.34. The van der Waals surface area contributed by atoms with Crippen molar-refractivity contribution in [3.63, 3.8) is 0 Å². The highest BCUT2D eigenvalue weighted by Crippen LogP contribution is 2.21. The fourth-order valence-corrected chi connectivity index (χ4v) is 3.05. The number of amides is 2. The Kier molecular flexibility index (Phi) is 4.76. The lowest BCUT2D eigenvalue weighted by Gasteiger charge is -2.19. The van der Waals surface area contributed by atoms with Gasteiger partial charge in [0.25, 0.3) is 0 Å². The maximum atomic E-state index is 12.1. The highest BCUT2D eigenvalue weighted by molar-refractivity contribution is 7.11. The van der Waals surface area contributed by atoms with E-state index < -0.39 is 0 Å². The predicted molar refractivity (Wildman–Crippen MR) is 75.2 cm³/mol. The van der Waals surface area contributed by atoms with Crippen molar-refractivity contribution in [3.8, 4) is 0 Å². The second-order valence-electron chi connectivity index (χ2n) is 4.97. The summed E-state index contributed by atoms with van der Waals surface area (Å²) in [7, 11) is 0. The Morgan fingerprint density at radius 1 is 1.74 bits per heavy atom. The number of aryl methyl sites for hydroxylation is 1. The van der Waals surface area contributed by atoms with Crippen LogP contribution in [0.5, 0.6) is 0 Å². The lowest BCUT2D eigenvalue weighted by Crippen LogP contribution is -2.39. The molecule has 0 aromatic carbocycles. The number of carbonyl (C=O) groups is 1. The Morgan fingerprint density at radius 2 is 2.53 bits per heavy atom. The van der Waals surface area contributed by atoms with Gasteiger partial charge in [-0.25, -0.2) is 9.78 Å². The molecule has 0 radical (unpaired) electrons. The first kappa shape index (κ1) is 14.3. The van der Waals surface area contributed by atoms with Gasteiger partial charge in [0.2, 0.25) is 0 Å². The molecule has 5 nitrogen and oxygen atoms in total. The van der Waals surface area contributed by atoms with Crippen LogP contribution in [0.2, 0.25) is 0 Å². The zero-order valence-electron chi connectivity index (χ0n) is 11.4. The van der Waals surface area contributed by atoms with Crippen LogP contribution in [-0.2, 0) is 6.42 Å². The molecule has 106 valence electrons. The van der Waals surface area contributed by atoms with E-state index in [9.17, 15) is 4.79 Å². The molecule has 2 rings (SSSR count). The first-order valence-electron chi connectivity index (χ1n) is 6.75. The number of aliphatic hydroxyl groups is 1. The van der Waals surface area contributed by atoms with Crippen LogP contribution in [0.1, 0.15) is 36.2 Å². The van der Waals surface area contributed by atoms with Gasteiger partial charge in [-0.2, -0.15) is 0 Å². The van der Waals surface area contributed by atoms with Gasteiger partial charge >= 0.3 is 6.03 Å². The molecule has 1 aromatic rings. The Labute approximate surface area is 117 Å². The van der Waals surface area contributed by atoms with Crippen molar-refractivity contribution in [2.45, 2.75) is 32.7 Å². The maximum Gasteiger partial charge on any atom is 0.317 e. The lowest BCUT2D eigenvalue weighted by atomic mass is 10.1. The molecule has 6 heteroatoms. The van der Waals surface area contributed by atoms with Crippen molar-refractivity contribution in [1.82, 2.24) is 15.2 Å². The van der Waals surface area contributed by atoms with Gasteiger partial charge in [-0.05, 0) is 19.8 Å². The minimum atomic E-state index is -0.0639. The summed E-state index contributed by atoms with van der Waals surface area (Å²) in [4.78, 5) is 19.4. The summed E-state index contributed by atoms with van der Waals surface area (Å²) >= 11 is 1.65. The molecule has 2 amide bonds. The molecule has 2 atom stereocenters. The molecule has 2 N–H and O–H groups in total. The topological polar surface area (TPSA) is 65.5 Å². The third-order valence-electron chi connectivity index (χ3n) is 3.46. The van der Waals surface area contributed by atoms with E-state index in [4.69, 9.17) is 5.11 Å². The highest BCUT2D eigenvalue weighted by atomic mass is 32.1. The summed E-state index contributed by atoms with van der Waals surface area (Å²) in [6.45, 7) is 5.58. The zero-order chi connectivity index (χ0) is 13.8. The predicted octanol–water partition coefficient (Wildman–Crippen LogP) is 1.79. The smallest absolute Gasteiger partial charge is 0.317 e. The quantitative estimate of drug-likeness (QED) is 0.885. The van der Waals surface area contributed by atoms with Crippen molar-refractivity contribution in [2.24, 2.45) is 5.92 Å². The van der Waals surface area contributed by atoms with Crippen molar-refractivity contribution in [3.05, 3.63) is 16.1 Å². The molecule has 2 heterocycles. The molecule has 1 aliphatic rings. The van der Waals surface area contributed by atoms with Crippen molar-refractivity contribution in [1.29, 1.82) is 0 Å². The summed E-state index contributed by atoms with van der Waals surface area (Å²) in [6, 6.07) is -0.123. The fourth-order valence-electron chi connectivity index (χ4n) is 2.19. The molecule has 1 fully saturated rings. The first-order chi connectivity index (χ1) is 9.13. The fraction of sp³-hybridized carbons (Fsp3) is 0.692. The van der Waals surface area contributed by atoms with Gasteiger partial charge in [-0.15, -0.1) is 11.3 Å². The molecule has 0 saturated carbocycles. The van der Waals surface area contributed by atoms with E-state index >= 15 is 0 Å². The average molecular weight is 283 g/mol. The Hall–Kier alpha value is -1.14. The van der Waals surface area contributed by atoms with Crippen LogP contribution in [0, 0.1) is 5.92 Å². The summed E-state index contributed by atoms with van der Waals surface area (Å²) in [5.74, 6) is 0.229. The average Bonchev–Trinajstić information content (AvgIpc) is 3.07. The second-order valence-corrected chi connectivity index (χ2v) is 6.12. The van der Waals surface area contributed by atoms with Crippen LogP contribution in [-0.4, -0.2) is 40.7 Å². The molecule has 1 saturated heterocycles. The summed E-state index contributed by atoms with van der Waals surface area (Å²) in [6.07, 6.45) is 3.73. The van der Waals surface area contributed by atoms with Gasteiger partial charge in [0.1, 0.15) is 5.01 Å². The summed E-state index contributed by atoms with van der Waals surface area (Å²) in [5, 5.41) is 13.0. The third-order valence-corrected chi connectivity index (χ3v) is 4.79. The third kappa shape index (κ3) is 3.45. The number of nitrogens with zero attached hydrogens (tertiary/aromatic N) is 2. The molecule has 19 heavy (non-hydrogen) atoms. The summed E-state index contributed by atoms with van der Waals surface area (Å²) in [5.41, 5.74) is 0. The molecule has 1 aliphatic heterocycles. The van der Waals surface area contributed by atoms with E-state index in [0.29, 0.717) is 6.54 Å². The normalized spacial score (nSPS) is 20.6. The number of likely N-dealkylation sites (tertiary alicyclic amines) is 1. The minimum absolute atomic E-state index is 0.0586. The van der Waals surface area contributed by atoms with E-state index in [0.717, 1.165) is 24.4 Å². The van der Waals surface area contributed by atoms with E-state index in [1.807, 2.05) is 13.1 Å². The molecular weight excluding hydrogens is 262 g/mol. The zero-order valence-corrected chi connectivity index (χ0v) is 12.2. The number of hydrogen-bond donors (Lipinski definition) is 2. The highest BCUT2D eigenvalue weighted by Gasteiger charge is 2.26. The molecule has 0 bridgehead atoms. The van der Waals surface area contributed by atoms with Gasteiger partial charge in [0.05, 0.1) is 6.04 Å². The van der Waals surface area contributed by atoms with E-state index in [2.05, 4.69) is 17.2 Å². The van der Waals surface area contributed by atoms with Crippen LogP contribution >= 0.6 is 11.3 Å². The largest absolute Gasteiger partial charge is 0.396 e. The van der Waals surface area contributed by atoms with E-state index in [1.54, 1.807) is 16.2 Å². The van der Waals surface area contributed by atoms with Crippen molar-refractivity contribution >= 4 is 17.4 Å². The number of urea groups is 1. The molecule has 1 aromatic heterocycles. The van der Waals surface area contributed by atoms with Gasteiger partial charge in [-0.3, -0.25) is 0 Å². The number of rotatable bonds is 4. The van der Waals surface area contributed by atoms with Crippen molar-refractivity contribution in [2.75, 3.05) is 19.7 Å². The first-order valence-corrected chi connectivity index (χ1v) is 7.56.